The first kappa shape index (κ1) is 56.9. The van der Waals surface area contributed by atoms with E-state index in [1.807, 2.05) is 13.8 Å². The molecule has 2 aromatic rings. The molecule has 8 nitrogen and oxygen atoms in total. The van der Waals surface area contributed by atoms with Gasteiger partial charge in [-0.1, -0.05) is 112 Å². The van der Waals surface area contributed by atoms with Crippen molar-refractivity contribution >= 4 is 42.9 Å². The lowest BCUT2D eigenvalue weighted by atomic mass is 9.61. The van der Waals surface area contributed by atoms with Gasteiger partial charge in [0.1, 0.15) is 0 Å². The molecule has 12 atom stereocenters. The Labute approximate surface area is 442 Å². The maximum atomic E-state index is 13.0. The molecule has 0 radical (unpaired) electrons. The van der Waals surface area contributed by atoms with Crippen LogP contribution in [0.5, 0.6) is 0 Å². The average molecular weight is 1070 g/mol. The molecule has 0 amide bonds. The first-order chi connectivity index (χ1) is 33.8. The Morgan fingerprint density at radius 2 is 1.00 bits per heavy atom. The van der Waals surface area contributed by atoms with Crippen molar-refractivity contribution in [1.29, 1.82) is 0 Å². The van der Waals surface area contributed by atoms with Crippen LogP contribution in [0.4, 0.5) is 0 Å². The van der Waals surface area contributed by atoms with Crippen molar-refractivity contribution in [2.75, 3.05) is 11.5 Å². The smallest absolute Gasteiger partial charge is 0.178 e. The van der Waals surface area contributed by atoms with Crippen molar-refractivity contribution < 1.29 is 37.3 Å². The van der Waals surface area contributed by atoms with Crippen molar-refractivity contribution in [3.8, 4) is 0 Å². The highest BCUT2D eigenvalue weighted by Gasteiger charge is 2.52. The number of halogens is 2. The molecule has 0 saturated heterocycles. The van der Waals surface area contributed by atoms with Crippen molar-refractivity contribution in [3.05, 3.63) is 128 Å². The van der Waals surface area contributed by atoms with E-state index in [-0.39, 0.29) is 22.3 Å². The van der Waals surface area contributed by atoms with Gasteiger partial charge in [-0.25, -0.2) is 16.8 Å². The minimum atomic E-state index is -3.37. The molecule has 4 N–H and O–H groups in total. The zero-order valence-electron chi connectivity index (χ0n) is 43.7. The molecule has 0 heterocycles. The SMILES string of the molecule is C=C1/C(=C\C=C2/CCC[C@]3(C)[C@@H]([C@H](C)CCS(=O)(=O)c4ccc(C)c(Cl)c4)CC[C@@H]23)C[C@@H](O)C[C@@H]1O.C=C1/C(=C\C=C2/CCC[C@]3(C)[C@@H]([C@H](C)CCS(=O)(=O)c4ccc(C)c(Cl)c4)CC[C@@H]23)C[C@H](O)C[C@H]1O. The van der Waals surface area contributed by atoms with Gasteiger partial charge in [0.2, 0.25) is 0 Å². The molecule has 12 heteroatoms. The highest BCUT2D eigenvalue weighted by molar-refractivity contribution is 7.91. The maximum Gasteiger partial charge on any atom is 0.178 e. The summed E-state index contributed by atoms with van der Waals surface area (Å²) < 4.78 is 52.1. The molecule has 8 rings (SSSR count). The minimum Gasteiger partial charge on any atom is -0.393 e. The van der Waals surface area contributed by atoms with Crippen molar-refractivity contribution in [2.45, 2.75) is 178 Å². The third kappa shape index (κ3) is 12.5. The lowest BCUT2D eigenvalue weighted by Crippen LogP contribution is -2.36. The minimum absolute atomic E-state index is 0.145. The van der Waals surface area contributed by atoms with E-state index in [9.17, 15) is 37.3 Å². The molecular formula is C60H82Cl2O8S2. The molecule has 0 bridgehead atoms. The molecule has 0 aliphatic heterocycles. The molecule has 396 valence electrons. The fraction of sp³-hybridized carbons (Fsp3) is 0.600. The molecule has 6 saturated carbocycles. The third-order valence-electron chi connectivity index (χ3n) is 18.7. The Hall–Kier alpha value is -2.80. The lowest BCUT2D eigenvalue weighted by molar-refractivity contribution is 0.0855. The van der Waals surface area contributed by atoms with E-state index in [0.717, 1.165) is 84.8 Å². The van der Waals surface area contributed by atoms with E-state index in [4.69, 9.17) is 23.2 Å². The number of aryl methyl sites for hydroxylation is 2. The monoisotopic (exact) mass is 1060 g/mol. The number of hydrogen-bond donors (Lipinski definition) is 4. The number of sulfone groups is 2. The van der Waals surface area contributed by atoms with Crippen LogP contribution in [0.25, 0.3) is 0 Å². The third-order valence-corrected chi connectivity index (χ3v) is 23.0. The van der Waals surface area contributed by atoms with E-state index in [0.29, 0.717) is 93.9 Å². The van der Waals surface area contributed by atoms with E-state index >= 15 is 0 Å². The van der Waals surface area contributed by atoms with Gasteiger partial charge in [0, 0.05) is 22.9 Å². The Morgan fingerprint density at radius 3 is 1.36 bits per heavy atom. The fourth-order valence-electron chi connectivity index (χ4n) is 14.2. The zero-order valence-corrected chi connectivity index (χ0v) is 46.8. The van der Waals surface area contributed by atoms with Crippen LogP contribution in [0.2, 0.25) is 10.0 Å². The molecular weight excluding hydrogens is 984 g/mol. The second-order valence-electron chi connectivity index (χ2n) is 23.3. The second-order valence-corrected chi connectivity index (χ2v) is 28.4. The first-order valence-corrected chi connectivity index (χ1v) is 30.8. The summed E-state index contributed by atoms with van der Waals surface area (Å²) in [6.45, 7) is 21.1. The molecule has 6 fully saturated rings. The quantitative estimate of drug-likeness (QED) is 0.164. The zero-order chi connectivity index (χ0) is 52.5. The largest absolute Gasteiger partial charge is 0.393 e. The summed E-state index contributed by atoms with van der Waals surface area (Å²) in [5, 5.41) is 41.5. The summed E-state index contributed by atoms with van der Waals surface area (Å²) >= 11 is 12.4. The normalized spacial score (nSPS) is 34.2. The Kier molecular flexibility index (Phi) is 18.3. The van der Waals surface area contributed by atoms with Crippen molar-refractivity contribution in [2.24, 2.45) is 46.3 Å². The van der Waals surface area contributed by atoms with Gasteiger partial charge in [0.15, 0.2) is 19.7 Å². The molecule has 6 aliphatic rings. The Morgan fingerprint density at radius 1 is 0.625 bits per heavy atom. The first-order valence-electron chi connectivity index (χ1n) is 26.7. The second kappa shape index (κ2) is 23.2. The number of fused-ring (bicyclic) bond motifs is 2. The van der Waals surface area contributed by atoms with Crippen LogP contribution < -0.4 is 0 Å². The number of aliphatic hydroxyl groups is 4. The van der Waals surface area contributed by atoms with Gasteiger partial charge in [-0.05, 0) is 208 Å². The maximum absolute atomic E-state index is 13.0. The highest BCUT2D eigenvalue weighted by Crippen LogP contribution is 2.61. The van der Waals surface area contributed by atoms with Gasteiger partial charge in [-0.2, -0.15) is 0 Å². The van der Waals surface area contributed by atoms with Crippen molar-refractivity contribution in [3.63, 3.8) is 0 Å². The molecule has 6 aliphatic carbocycles. The lowest BCUT2D eigenvalue weighted by Gasteiger charge is -2.44. The topological polar surface area (TPSA) is 149 Å². The van der Waals surface area contributed by atoms with Gasteiger partial charge in [-0.15, -0.1) is 0 Å². The number of rotatable bonds is 12. The van der Waals surface area contributed by atoms with E-state index in [2.05, 4.69) is 65.2 Å². The highest BCUT2D eigenvalue weighted by atomic mass is 35.5. The summed E-state index contributed by atoms with van der Waals surface area (Å²) in [6, 6.07) is 10.0. The predicted molar refractivity (Wildman–Crippen MR) is 293 cm³/mol. The number of aliphatic hydroxyl groups excluding tert-OH is 4. The molecule has 0 unspecified atom stereocenters. The molecule has 0 spiro atoms. The van der Waals surface area contributed by atoms with Crippen LogP contribution >= 0.6 is 23.2 Å². The molecule has 0 aromatic heterocycles. The van der Waals surface area contributed by atoms with Crippen LogP contribution in [-0.4, -0.2) is 73.2 Å². The van der Waals surface area contributed by atoms with E-state index in [1.165, 1.54) is 24.0 Å². The van der Waals surface area contributed by atoms with Gasteiger partial charge in [-0.3, -0.25) is 0 Å². The van der Waals surface area contributed by atoms with Gasteiger partial charge in [0.25, 0.3) is 0 Å². The molecule has 2 aromatic carbocycles. The summed E-state index contributed by atoms with van der Waals surface area (Å²) in [7, 11) is -6.74. The fourth-order valence-corrected chi connectivity index (χ4v) is 17.7. The van der Waals surface area contributed by atoms with Crippen LogP contribution in [-0.2, 0) is 19.7 Å². The van der Waals surface area contributed by atoms with Gasteiger partial charge < -0.3 is 20.4 Å². The van der Waals surface area contributed by atoms with E-state index < -0.39 is 44.1 Å². The van der Waals surface area contributed by atoms with Crippen molar-refractivity contribution in [1.82, 2.24) is 0 Å². The average Bonchev–Trinajstić information content (AvgIpc) is 3.88. The molecule has 72 heavy (non-hydrogen) atoms. The van der Waals surface area contributed by atoms with Crippen LogP contribution in [0, 0.1) is 60.2 Å². The van der Waals surface area contributed by atoms with Crippen LogP contribution in [0.15, 0.2) is 117 Å². The predicted octanol–water partition coefficient (Wildman–Crippen LogP) is 13.2. The Bertz CT molecular complexity index is 2520. The Balaban J connectivity index is 0.000000211. The summed E-state index contributed by atoms with van der Waals surface area (Å²) in [4.78, 5) is 0.632. The number of hydrogen-bond acceptors (Lipinski definition) is 8. The van der Waals surface area contributed by atoms with Crippen LogP contribution in [0.3, 0.4) is 0 Å². The number of benzene rings is 2. The van der Waals surface area contributed by atoms with Gasteiger partial charge in [0.05, 0.1) is 45.7 Å². The van der Waals surface area contributed by atoms with Gasteiger partial charge >= 0.3 is 0 Å². The van der Waals surface area contributed by atoms with Crippen LogP contribution in [0.1, 0.15) is 142 Å². The van der Waals surface area contributed by atoms with E-state index in [1.54, 1.807) is 36.4 Å². The summed E-state index contributed by atoms with van der Waals surface area (Å²) in [6.07, 6.45) is 20.6. The number of allylic oxidation sites excluding steroid dienone is 6. The summed E-state index contributed by atoms with van der Waals surface area (Å²) in [5.74, 6) is 2.89. The summed E-state index contributed by atoms with van der Waals surface area (Å²) in [5.41, 5.74) is 8.36. The standard InChI is InChI=1S/2C30H41ClO4S/c2*1-19(13-15-36(34,35)25-10-7-20(2)28(31)18-25)26-11-12-27-22(6-5-14-30(26,27)4)8-9-23-16-24(32)17-29(33)21(23)3/h2*7-10,18-19,24,26-27,29,32-33H,3,5-6,11-17H2,1-2,4H3/b2*22-8+,23-9-/t19-,24+,26-,27+,29-,30-;19-,24-,26-,27+,29+,30-/m11/s1.